The van der Waals surface area contributed by atoms with Gasteiger partial charge in [-0.1, -0.05) is 30.3 Å². The molecule has 214 valence electrons. The quantitative estimate of drug-likeness (QED) is 0.205. The second kappa shape index (κ2) is 13.1. The van der Waals surface area contributed by atoms with E-state index in [1.165, 1.54) is 48.2 Å². The summed E-state index contributed by atoms with van der Waals surface area (Å²) >= 11 is 1.48. The number of hydrogen-bond donors (Lipinski definition) is 2. The lowest BCUT2D eigenvalue weighted by molar-refractivity contribution is -0.114. The van der Waals surface area contributed by atoms with Gasteiger partial charge in [0.15, 0.2) is 0 Å². The van der Waals surface area contributed by atoms with Crippen molar-refractivity contribution in [2.45, 2.75) is 21.6 Å². The summed E-state index contributed by atoms with van der Waals surface area (Å²) in [7, 11) is -8.01. The fraction of sp³-hybridized carbons (Fsp3) is 0.138. The Morgan fingerprint density at radius 3 is 2.02 bits per heavy atom. The Bertz CT molecular complexity index is 1700. The molecule has 1 amide bonds. The number of rotatable bonds is 12. The van der Waals surface area contributed by atoms with Crippen molar-refractivity contribution >= 4 is 54.8 Å². The Labute approximate surface area is 244 Å². The molecule has 4 rings (SSSR count). The molecule has 0 saturated carbocycles. The maximum atomic E-state index is 13.8. The number of ether oxygens (including phenoxy) is 1. The Morgan fingerprint density at radius 2 is 1.39 bits per heavy atom. The van der Waals surface area contributed by atoms with E-state index >= 15 is 0 Å². The molecule has 2 N–H and O–H groups in total. The number of nitrogens with one attached hydrogen (secondary N) is 2. The van der Waals surface area contributed by atoms with Crippen LogP contribution in [0.2, 0.25) is 0 Å². The molecule has 0 aromatic heterocycles. The highest BCUT2D eigenvalue weighted by molar-refractivity contribution is 7.98. The van der Waals surface area contributed by atoms with E-state index in [-0.39, 0.29) is 15.5 Å². The Balaban J connectivity index is 1.58. The van der Waals surface area contributed by atoms with E-state index in [4.69, 9.17) is 4.74 Å². The van der Waals surface area contributed by atoms with Gasteiger partial charge in [-0.05, 0) is 86.0 Å². The second-order valence-corrected chi connectivity index (χ2v) is 13.1. The molecule has 0 heterocycles. The van der Waals surface area contributed by atoms with Gasteiger partial charge in [0.05, 0.1) is 22.1 Å². The van der Waals surface area contributed by atoms with Gasteiger partial charge in [0.2, 0.25) is 5.91 Å². The van der Waals surface area contributed by atoms with Crippen molar-refractivity contribution in [1.82, 2.24) is 0 Å². The molecule has 0 unspecified atom stereocenters. The molecule has 0 aliphatic heterocycles. The zero-order valence-corrected chi connectivity index (χ0v) is 24.8. The summed E-state index contributed by atoms with van der Waals surface area (Å²) in [6, 6.07) is 27.0. The topological polar surface area (TPSA) is 122 Å². The van der Waals surface area contributed by atoms with Crippen molar-refractivity contribution in [3.8, 4) is 5.75 Å². The first-order valence-electron chi connectivity index (χ1n) is 12.5. The Morgan fingerprint density at radius 1 is 0.780 bits per heavy atom. The molecule has 0 fully saturated rings. The van der Waals surface area contributed by atoms with E-state index in [1.54, 1.807) is 73.7 Å². The van der Waals surface area contributed by atoms with E-state index in [2.05, 4.69) is 10.0 Å². The fourth-order valence-corrected chi connectivity index (χ4v) is 6.78. The third kappa shape index (κ3) is 7.40. The molecule has 4 aromatic rings. The normalized spacial score (nSPS) is 11.5. The maximum Gasteiger partial charge on any atom is 0.264 e. The molecule has 0 radical (unpaired) electrons. The van der Waals surface area contributed by atoms with Gasteiger partial charge in [-0.25, -0.2) is 16.8 Å². The van der Waals surface area contributed by atoms with Crippen LogP contribution in [0.15, 0.2) is 118 Å². The van der Waals surface area contributed by atoms with Gasteiger partial charge in [-0.3, -0.25) is 13.8 Å². The van der Waals surface area contributed by atoms with E-state index in [0.29, 0.717) is 23.7 Å². The van der Waals surface area contributed by atoms with Gasteiger partial charge in [0, 0.05) is 16.3 Å². The first-order chi connectivity index (χ1) is 19.6. The van der Waals surface area contributed by atoms with E-state index < -0.39 is 32.5 Å². The zero-order valence-electron chi connectivity index (χ0n) is 22.4. The minimum atomic E-state index is -4.17. The third-order valence-electron chi connectivity index (χ3n) is 5.84. The van der Waals surface area contributed by atoms with Crippen molar-refractivity contribution in [1.29, 1.82) is 0 Å². The molecule has 0 aliphatic carbocycles. The van der Waals surface area contributed by atoms with Crippen molar-refractivity contribution in [3.05, 3.63) is 103 Å². The fourth-order valence-electron chi connectivity index (χ4n) is 3.88. The number of anilines is 3. The van der Waals surface area contributed by atoms with Crippen molar-refractivity contribution < 1.29 is 26.4 Å². The summed E-state index contributed by atoms with van der Waals surface area (Å²) in [6.45, 7) is 1.53. The van der Waals surface area contributed by atoms with Crippen LogP contribution in [0.25, 0.3) is 0 Å². The molecule has 0 aliphatic rings. The minimum Gasteiger partial charge on any atom is -0.492 e. The van der Waals surface area contributed by atoms with Gasteiger partial charge in [0.1, 0.15) is 12.3 Å². The number of thioether (sulfide) groups is 1. The largest absolute Gasteiger partial charge is 0.492 e. The summed E-state index contributed by atoms with van der Waals surface area (Å²) < 4.78 is 62.2. The summed E-state index contributed by atoms with van der Waals surface area (Å²) in [6.07, 6.45) is 1.89. The van der Waals surface area contributed by atoms with Crippen LogP contribution in [0.3, 0.4) is 0 Å². The summed E-state index contributed by atoms with van der Waals surface area (Å²) in [4.78, 5) is 14.1. The molecule has 0 bridgehead atoms. The van der Waals surface area contributed by atoms with E-state index in [0.717, 1.165) is 9.20 Å². The second-order valence-electron chi connectivity index (χ2n) is 8.63. The van der Waals surface area contributed by atoms with Crippen LogP contribution in [0, 0.1) is 0 Å². The summed E-state index contributed by atoms with van der Waals surface area (Å²) in [5.74, 6) is -0.314. The SMILES string of the molecule is CCOc1ccccc1N(CC(=O)Nc1ccc(S(=O)(=O)Nc2ccccc2)cc1)S(=O)(=O)c1ccc(SC)cc1. The molecular weight excluding hydrogens is 583 g/mol. The Hall–Kier alpha value is -4.00. The number of benzene rings is 4. The van der Waals surface area contributed by atoms with Crippen LogP contribution >= 0.6 is 11.8 Å². The molecule has 0 atom stereocenters. The van der Waals surface area contributed by atoms with Crippen LogP contribution in [-0.2, 0) is 24.8 Å². The number of nitrogens with zero attached hydrogens (tertiary/aromatic N) is 1. The van der Waals surface area contributed by atoms with E-state index in [1.807, 2.05) is 6.26 Å². The average molecular weight is 612 g/mol. The number of sulfonamides is 2. The molecule has 9 nitrogen and oxygen atoms in total. The van der Waals surface area contributed by atoms with E-state index in [9.17, 15) is 21.6 Å². The van der Waals surface area contributed by atoms with Crippen LogP contribution in [0.1, 0.15) is 6.92 Å². The zero-order chi connectivity index (χ0) is 29.5. The monoisotopic (exact) mass is 611 g/mol. The number of para-hydroxylation sites is 3. The first kappa shape index (κ1) is 30.0. The van der Waals surface area contributed by atoms with Gasteiger partial charge < -0.3 is 10.1 Å². The van der Waals surface area contributed by atoms with Crippen LogP contribution < -0.4 is 19.1 Å². The predicted octanol–water partition coefficient (Wildman–Crippen LogP) is 5.44. The smallest absolute Gasteiger partial charge is 0.264 e. The highest BCUT2D eigenvalue weighted by Gasteiger charge is 2.29. The molecular formula is C29H29N3O6S3. The number of amides is 1. The molecule has 0 spiro atoms. The maximum absolute atomic E-state index is 13.8. The minimum absolute atomic E-state index is 0.00267. The average Bonchev–Trinajstić information content (AvgIpc) is 2.97. The number of carbonyl (C=O) groups is 1. The summed E-state index contributed by atoms with van der Waals surface area (Å²) in [5, 5.41) is 2.66. The lowest BCUT2D eigenvalue weighted by Gasteiger charge is -2.26. The number of carbonyl (C=O) groups excluding carboxylic acids is 1. The predicted molar refractivity (Wildman–Crippen MR) is 163 cm³/mol. The molecule has 41 heavy (non-hydrogen) atoms. The lowest BCUT2D eigenvalue weighted by Crippen LogP contribution is -2.38. The van der Waals surface area contributed by atoms with Gasteiger partial charge >= 0.3 is 0 Å². The van der Waals surface area contributed by atoms with Crippen LogP contribution in [-0.4, -0.2) is 42.2 Å². The van der Waals surface area contributed by atoms with Crippen molar-refractivity contribution in [3.63, 3.8) is 0 Å². The van der Waals surface area contributed by atoms with Crippen molar-refractivity contribution in [2.75, 3.05) is 33.8 Å². The first-order valence-corrected chi connectivity index (χ1v) is 16.7. The van der Waals surface area contributed by atoms with Gasteiger partial charge in [-0.15, -0.1) is 11.8 Å². The van der Waals surface area contributed by atoms with Crippen molar-refractivity contribution in [2.24, 2.45) is 0 Å². The van der Waals surface area contributed by atoms with Crippen LogP contribution in [0.4, 0.5) is 17.1 Å². The molecule has 0 saturated heterocycles. The van der Waals surface area contributed by atoms with Crippen LogP contribution in [0.5, 0.6) is 5.75 Å². The van der Waals surface area contributed by atoms with Gasteiger partial charge in [-0.2, -0.15) is 0 Å². The molecule has 12 heteroatoms. The van der Waals surface area contributed by atoms with Gasteiger partial charge in [0.25, 0.3) is 20.0 Å². The highest BCUT2D eigenvalue weighted by atomic mass is 32.2. The lowest BCUT2D eigenvalue weighted by atomic mass is 10.3. The third-order valence-corrected chi connectivity index (χ3v) is 9.76. The summed E-state index contributed by atoms with van der Waals surface area (Å²) in [5.41, 5.74) is 0.932. The highest BCUT2D eigenvalue weighted by Crippen LogP contribution is 2.33. The Kier molecular flexibility index (Phi) is 9.58. The standard InChI is InChI=1S/C29H29N3O6S3/c1-3-38-28-12-8-7-11-27(28)32(41(36,37)26-19-15-24(39-2)16-20-26)21-29(33)30-22-13-17-25(18-14-22)40(34,35)31-23-9-5-4-6-10-23/h4-20,31H,3,21H2,1-2H3,(H,30,33). The number of hydrogen-bond acceptors (Lipinski definition) is 7. The molecule has 4 aromatic carbocycles.